The number of amides is 1. The van der Waals surface area contributed by atoms with Gasteiger partial charge < -0.3 is 10.4 Å². The zero-order valence-electron chi connectivity index (χ0n) is 11.2. The van der Waals surface area contributed by atoms with E-state index in [1.54, 1.807) is 0 Å². The van der Waals surface area contributed by atoms with E-state index in [2.05, 4.69) is 12.2 Å². The topological polar surface area (TPSA) is 66.4 Å². The van der Waals surface area contributed by atoms with Gasteiger partial charge in [0.05, 0.1) is 11.8 Å². The number of rotatable bonds is 3. The minimum Gasteiger partial charge on any atom is -0.481 e. The molecule has 0 heterocycles. The van der Waals surface area contributed by atoms with Crippen LogP contribution in [0.1, 0.15) is 46.0 Å². The Morgan fingerprint density at radius 2 is 1.78 bits per heavy atom. The van der Waals surface area contributed by atoms with Crippen molar-refractivity contribution >= 4 is 11.9 Å². The SMILES string of the molecule is CC1C[C@H](C(=O)NC2CCCC2C)[C@H](C(=O)O)C1. The number of aliphatic carboxylic acids is 1. The lowest BCUT2D eigenvalue weighted by molar-refractivity contribution is -0.146. The fourth-order valence-electron chi connectivity index (χ4n) is 3.50. The molecule has 2 N–H and O–H groups in total. The Morgan fingerprint density at radius 1 is 1.11 bits per heavy atom. The number of carboxylic acid groups (broad SMARTS) is 1. The molecule has 5 atom stereocenters. The second kappa shape index (κ2) is 5.29. The fraction of sp³-hybridized carbons (Fsp3) is 0.857. The summed E-state index contributed by atoms with van der Waals surface area (Å²) in [6.07, 6.45) is 4.70. The second-order valence-electron chi connectivity index (χ2n) is 6.15. The summed E-state index contributed by atoms with van der Waals surface area (Å²) in [6.45, 7) is 4.19. The Bertz CT molecular complexity index is 342. The van der Waals surface area contributed by atoms with Crippen LogP contribution in [0.3, 0.4) is 0 Å². The molecule has 0 bridgehead atoms. The largest absolute Gasteiger partial charge is 0.481 e. The molecule has 2 saturated carbocycles. The molecule has 2 fully saturated rings. The summed E-state index contributed by atoms with van der Waals surface area (Å²) in [5.41, 5.74) is 0. The summed E-state index contributed by atoms with van der Waals surface area (Å²) in [5, 5.41) is 12.3. The Hall–Kier alpha value is -1.06. The lowest BCUT2D eigenvalue weighted by atomic mass is 9.94. The van der Waals surface area contributed by atoms with Gasteiger partial charge in [-0.05, 0) is 37.5 Å². The number of carbonyl (C=O) groups is 2. The van der Waals surface area contributed by atoms with Crippen LogP contribution in [0.2, 0.25) is 0 Å². The lowest BCUT2D eigenvalue weighted by Crippen LogP contribution is -2.42. The molecule has 0 aliphatic heterocycles. The molecule has 1 amide bonds. The van der Waals surface area contributed by atoms with Gasteiger partial charge in [0.25, 0.3) is 0 Å². The highest BCUT2D eigenvalue weighted by Gasteiger charge is 2.42. The van der Waals surface area contributed by atoms with Gasteiger partial charge in [-0.15, -0.1) is 0 Å². The highest BCUT2D eigenvalue weighted by molar-refractivity contribution is 5.85. The van der Waals surface area contributed by atoms with Crippen LogP contribution in [0, 0.1) is 23.7 Å². The fourth-order valence-corrected chi connectivity index (χ4v) is 3.50. The third kappa shape index (κ3) is 2.68. The maximum Gasteiger partial charge on any atom is 0.307 e. The lowest BCUT2D eigenvalue weighted by Gasteiger charge is -2.22. The van der Waals surface area contributed by atoms with Gasteiger partial charge in [0.15, 0.2) is 0 Å². The molecular formula is C14H23NO3. The molecule has 4 nitrogen and oxygen atoms in total. The molecule has 2 aliphatic rings. The van der Waals surface area contributed by atoms with Crippen molar-refractivity contribution in [2.75, 3.05) is 0 Å². The zero-order chi connectivity index (χ0) is 13.3. The van der Waals surface area contributed by atoms with Crippen molar-refractivity contribution in [2.45, 2.75) is 52.0 Å². The molecule has 3 unspecified atom stereocenters. The normalized spacial score (nSPS) is 39.8. The summed E-state index contributed by atoms with van der Waals surface area (Å²) in [6, 6.07) is 0.253. The molecule has 2 aliphatic carbocycles. The smallest absolute Gasteiger partial charge is 0.307 e. The first kappa shape index (κ1) is 13.4. The minimum atomic E-state index is -0.820. The van der Waals surface area contributed by atoms with Crippen LogP contribution in [-0.4, -0.2) is 23.0 Å². The van der Waals surface area contributed by atoms with Crippen molar-refractivity contribution in [3.63, 3.8) is 0 Å². The molecule has 18 heavy (non-hydrogen) atoms. The van der Waals surface area contributed by atoms with Crippen molar-refractivity contribution in [2.24, 2.45) is 23.7 Å². The maximum absolute atomic E-state index is 12.2. The van der Waals surface area contributed by atoms with E-state index in [1.807, 2.05) is 6.92 Å². The van der Waals surface area contributed by atoms with Gasteiger partial charge in [0, 0.05) is 6.04 Å². The van der Waals surface area contributed by atoms with Crippen molar-refractivity contribution < 1.29 is 14.7 Å². The quantitative estimate of drug-likeness (QED) is 0.809. The van der Waals surface area contributed by atoms with E-state index >= 15 is 0 Å². The Labute approximate surface area is 108 Å². The first-order chi connectivity index (χ1) is 8.49. The van der Waals surface area contributed by atoms with E-state index in [1.165, 1.54) is 0 Å². The predicted octanol–water partition coefficient (Wildman–Crippen LogP) is 2.04. The van der Waals surface area contributed by atoms with E-state index in [4.69, 9.17) is 0 Å². The van der Waals surface area contributed by atoms with Crippen molar-refractivity contribution in [3.05, 3.63) is 0 Å². The summed E-state index contributed by atoms with van der Waals surface area (Å²) < 4.78 is 0. The molecule has 2 rings (SSSR count). The highest BCUT2D eigenvalue weighted by atomic mass is 16.4. The van der Waals surface area contributed by atoms with Gasteiger partial charge >= 0.3 is 5.97 Å². The Kier molecular flexibility index (Phi) is 3.93. The van der Waals surface area contributed by atoms with Crippen LogP contribution >= 0.6 is 0 Å². The molecule has 0 aromatic rings. The number of carboxylic acids is 1. The van der Waals surface area contributed by atoms with Gasteiger partial charge in [0.1, 0.15) is 0 Å². The second-order valence-corrected chi connectivity index (χ2v) is 6.15. The average molecular weight is 253 g/mol. The summed E-state index contributed by atoms with van der Waals surface area (Å²) in [4.78, 5) is 23.4. The van der Waals surface area contributed by atoms with Crippen molar-refractivity contribution in [1.29, 1.82) is 0 Å². The van der Waals surface area contributed by atoms with Crippen LogP contribution < -0.4 is 5.32 Å². The predicted molar refractivity (Wildman–Crippen MR) is 68.0 cm³/mol. The average Bonchev–Trinajstić information content (AvgIpc) is 2.86. The van der Waals surface area contributed by atoms with Crippen LogP contribution in [0.25, 0.3) is 0 Å². The molecule has 0 saturated heterocycles. The van der Waals surface area contributed by atoms with E-state index in [0.29, 0.717) is 24.7 Å². The molecule has 0 radical (unpaired) electrons. The number of hydrogen-bond acceptors (Lipinski definition) is 2. The third-order valence-electron chi connectivity index (χ3n) is 4.64. The van der Waals surface area contributed by atoms with E-state index in [-0.39, 0.29) is 17.9 Å². The number of carbonyl (C=O) groups excluding carboxylic acids is 1. The van der Waals surface area contributed by atoms with Crippen LogP contribution in [-0.2, 0) is 9.59 Å². The number of nitrogens with one attached hydrogen (secondary N) is 1. The summed E-state index contributed by atoms with van der Waals surface area (Å²) in [7, 11) is 0. The van der Waals surface area contributed by atoms with Gasteiger partial charge in [0.2, 0.25) is 5.91 Å². The van der Waals surface area contributed by atoms with Crippen LogP contribution in [0.4, 0.5) is 0 Å². The molecule has 0 aromatic carbocycles. The van der Waals surface area contributed by atoms with Gasteiger partial charge in [-0.25, -0.2) is 0 Å². The van der Waals surface area contributed by atoms with Crippen LogP contribution in [0.5, 0.6) is 0 Å². The molecule has 0 spiro atoms. The standard InChI is InChI=1S/C14H23NO3/c1-8-6-10(11(7-8)14(17)18)13(16)15-12-5-3-4-9(12)2/h8-12H,3-7H2,1-2H3,(H,15,16)(H,17,18)/t8?,9?,10-,11+,12?/m0/s1. The Morgan fingerprint density at radius 3 is 2.33 bits per heavy atom. The van der Waals surface area contributed by atoms with Crippen molar-refractivity contribution in [1.82, 2.24) is 5.32 Å². The molecule has 102 valence electrons. The molecule has 4 heteroatoms. The van der Waals surface area contributed by atoms with Crippen molar-refractivity contribution in [3.8, 4) is 0 Å². The summed E-state index contributed by atoms with van der Waals surface area (Å²) >= 11 is 0. The highest BCUT2D eigenvalue weighted by Crippen LogP contribution is 2.37. The maximum atomic E-state index is 12.2. The van der Waals surface area contributed by atoms with E-state index in [0.717, 1.165) is 19.3 Å². The zero-order valence-corrected chi connectivity index (χ0v) is 11.2. The van der Waals surface area contributed by atoms with E-state index < -0.39 is 11.9 Å². The Balaban J connectivity index is 1.97. The van der Waals surface area contributed by atoms with Gasteiger partial charge in [-0.2, -0.15) is 0 Å². The van der Waals surface area contributed by atoms with Gasteiger partial charge in [-0.1, -0.05) is 20.3 Å². The minimum absolute atomic E-state index is 0.0366. The first-order valence-electron chi connectivity index (χ1n) is 7.02. The molecular weight excluding hydrogens is 230 g/mol. The van der Waals surface area contributed by atoms with E-state index in [9.17, 15) is 14.7 Å². The monoisotopic (exact) mass is 253 g/mol. The third-order valence-corrected chi connectivity index (χ3v) is 4.64. The van der Waals surface area contributed by atoms with Crippen LogP contribution in [0.15, 0.2) is 0 Å². The summed E-state index contributed by atoms with van der Waals surface area (Å²) in [5.74, 6) is -0.814. The number of hydrogen-bond donors (Lipinski definition) is 2. The first-order valence-corrected chi connectivity index (χ1v) is 7.02. The van der Waals surface area contributed by atoms with Gasteiger partial charge in [-0.3, -0.25) is 9.59 Å². The molecule has 0 aromatic heterocycles.